The second-order valence-electron chi connectivity index (χ2n) is 5.07. The summed E-state index contributed by atoms with van der Waals surface area (Å²) in [5.41, 5.74) is 8.35. The first-order valence-corrected chi connectivity index (χ1v) is 8.40. The van der Waals surface area contributed by atoms with Gasteiger partial charge in [0, 0.05) is 6.04 Å². The van der Waals surface area contributed by atoms with Crippen molar-refractivity contribution in [3.8, 4) is 0 Å². The molecular weight excluding hydrogens is 278 g/mol. The highest BCUT2D eigenvalue weighted by Gasteiger charge is 2.30. The molecule has 0 saturated heterocycles. The summed E-state index contributed by atoms with van der Waals surface area (Å²) in [5, 5.41) is 0.778. The van der Waals surface area contributed by atoms with Crippen LogP contribution in [0.1, 0.15) is 37.2 Å². The van der Waals surface area contributed by atoms with Gasteiger partial charge in [-0.25, -0.2) is 4.98 Å². The summed E-state index contributed by atoms with van der Waals surface area (Å²) in [6, 6.07) is 6.44. The topological polar surface area (TPSA) is 43.8 Å². The zero-order valence-electron chi connectivity index (χ0n) is 11.0. The summed E-state index contributed by atoms with van der Waals surface area (Å²) in [5.74, 6) is 2.06. The van der Waals surface area contributed by atoms with Gasteiger partial charge in [-0.05, 0) is 43.4 Å². The SMILES string of the molecule is CSCCC(N)c1nc2cccc(Cl)c2n1C1CC1. The number of hydrogen-bond acceptors (Lipinski definition) is 3. The van der Waals surface area contributed by atoms with E-state index in [1.165, 1.54) is 12.8 Å². The van der Waals surface area contributed by atoms with Gasteiger partial charge in [0.25, 0.3) is 0 Å². The smallest absolute Gasteiger partial charge is 0.127 e. The molecule has 1 unspecified atom stereocenters. The first-order valence-electron chi connectivity index (χ1n) is 6.63. The highest BCUT2D eigenvalue weighted by Crippen LogP contribution is 2.41. The fraction of sp³-hybridized carbons (Fsp3) is 0.500. The zero-order chi connectivity index (χ0) is 13.4. The Morgan fingerprint density at radius 1 is 1.53 bits per heavy atom. The summed E-state index contributed by atoms with van der Waals surface area (Å²) in [6.45, 7) is 0. The fourth-order valence-electron chi connectivity index (χ4n) is 2.46. The molecule has 102 valence electrons. The van der Waals surface area contributed by atoms with Gasteiger partial charge in [-0.2, -0.15) is 11.8 Å². The minimum atomic E-state index is -0.00323. The summed E-state index contributed by atoms with van der Waals surface area (Å²) in [4.78, 5) is 4.73. The lowest BCUT2D eigenvalue weighted by molar-refractivity contribution is 0.594. The van der Waals surface area contributed by atoms with Crippen LogP contribution < -0.4 is 5.73 Å². The van der Waals surface area contributed by atoms with Crippen LogP contribution in [0.2, 0.25) is 5.02 Å². The van der Waals surface area contributed by atoms with Crippen molar-refractivity contribution < 1.29 is 0 Å². The molecule has 5 heteroatoms. The predicted molar refractivity (Wildman–Crippen MR) is 82.9 cm³/mol. The number of aromatic nitrogens is 2. The molecule has 1 aromatic carbocycles. The minimum Gasteiger partial charge on any atom is -0.322 e. The summed E-state index contributed by atoms with van der Waals surface area (Å²) >= 11 is 8.17. The van der Waals surface area contributed by atoms with Crippen molar-refractivity contribution in [3.05, 3.63) is 29.0 Å². The molecule has 1 saturated carbocycles. The molecule has 3 rings (SSSR count). The first kappa shape index (κ1) is 13.3. The number of thioether (sulfide) groups is 1. The fourth-order valence-corrected chi connectivity index (χ4v) is 3.21. The van der Waals surface area contributed by atoms with Crippen molar-refractivity contribution >= 4 is 34.4 Å². The summed E-state index contributed by atoms with van der Waals surface area (Å²) in [7, 11) is 0. The third-order valence-corrected chi connectivity index (χ3v) is 4.51. The molecule has 2 aromatic rings. The largest absolute Gasteiger partial charge is 0.322 e. The van der Waals surface area contributed by atoms with Crippen LogP contribution >= 0.6 is 23.4 Å². The number of para-hydroxylation sites is 1. The molecule has 3 nitrogen and oxygen atoms in total. The number of fused-ring (bicyclic) bond motifs is 1. The molecule has 1 aliphatic carbocycles. The lowest BCUT2D eigenvalue weighted by Crippen LogP contribution is -2.17. The molecule has 0 spiro atoms. The maximum atomic E-state index is 6.35. The van der Waals surface area contributed by atoms with E-state index >= 15 is 0 Å². The van der Waals surface area contributed by atoms with E-state index in [0.717, 1.165) is 34.1 Å². The number of hydrogen-bond donors (Lipinski definition) is 1. The Morgan fingerprint density at radius 2 is 2.32 bits per heavy atom. The van der Waals surface area contributed by atoms with Crippen molar-refractivity contribution in [1.29, 1.82) is 0 Å². The molecule has 1 aromatic heterocycles. The van der Waals surface area contributed by atoms with Crippen molar-refractivity contribution in [2.75, 3.05) is 12.0 Å². The van der Waals surface area contributed by atoms with Crippen molar-refractivity contribution in [3.63, 3.8) is 0 Å². The number of imidazole rings is 1. The molecule has 2 N–H and O–H groups in total. The van der Waals surface area contributed by atoms with Crippen molar-refractivity contribution in [1.82, 2.24) is 9.55 Å². The van der Waals surface area contributed by atoms with E-state index in [9.17, 15) is 0 Å². The molecule has 1 atom stereocenters. The molecule has 0 radical (unpaired) electrons. The van der Waals surface area contributed by atoms with Gasteiger partial charge in [-0.15, -0.1) is 0 Å². The Morgan fingerprint density at radius 3 is 3.00 bits per heavy atom. The Hall–Kier alpha value is -0.710. The van der Waals surface area contributed by atoms with E-state index in [1.54, 1.807) is 0 Å². The maximum absolute atomic E-state index is 6.35. The molecule has 1 fully saturated rings. The van der Waals surface area contributed by atoms with E-state index in [1.807, 2.05) is 30.0 Å². The van der Waals surface area contributed by atoms with Gasteiger partial charge in [0.15, 0.2) is 0 Å². The van der Waals surface area contributed by atoms with Crippen molar-refractivity contribution in [2.24, 2.45) is 5.73 Å². The number of halogens is 1. The second kappa shape index (κ2) is 5.35. The van der Waals surface area contributed by atoms with Crippen LogP contribution in [0.5, 0.6) is 0 Å². The van der Waals surface area contributed by atoms with Gasteiger partial charge < -0.3 is 10.3 Å². The first-order chi connectivity index (χ1) is 9.22. The Labute approximate surface area is 122 Å². The van der Waals surface area contributed by atoms with E-state index < -0.39 is 0 Å². The Balaban J connectivity index is 2.08. The van der Waals surface area contributed by atoms with Gasteiger partial charge in [0.1, 0.15) is 5.82 Å². The number of nitrogens with zero attached hydrogens (tertiary/aromatic N) is 2. The molecule has 0 amide bonds. The van der Waals surface area contributed by atoms with E-state index in [0.29, 0.717) is 6.04 Å². The summed E-state index contributed by atoms with van der Waals surface area (Å²) < 4.78 is 2.28. The van der Waals surface area contributed by atoms with E-state index in [4.69, 9.17) is 22.3 Å². The van der Waals surface area contributed by atoms with Gasteiger partial charge in [-0.3, -0.25) is 0 Å². The van der Waals surface area contributed by atoms with Crippen LogP contribution in [-0.2, 0) is 0 Å². The van der Waals surface area contributed by atoms with Gasteiger partial charge in [0.2, 0.25) is 0 Å². The van der Waals surface area contributed by atoms with Crippen LogP contribution in [0.15, 0.2) is 18.2 Å². The lowest BCUT2D eigenvalue weighted by Gasteiger charge is -2.14. The zero-order valence-corrected chi connectivity index (χ0v) is 12.5. The molecular formula is C14H18ClN3S. The Kier molecular flexibility index (Phi) is 3.74. The molecule has 1 heterocycles. The Bertz CT molecular complexity index is 592. The van der Waals surface area contributed by atoms with Crippen LogP contribution in [0, 0.1) is 0 Å². The van der Waals surface area contributed by atoms with Crippen molar-refractivity contribution in [2.45, 2.75) is 31.3 Å². The average Bonchev–Trinajstić information content (AvgIpc) is 3.16. The highest BCUT2D eigenvalue weighted by molar-refractivity contribution is 7.98. The number of rotatable bonds is 5. The molecule has 0 aliphatic heterocycles. The quantitative estimate of drug-likeness (QED) is 0.913. The standard InChI is InChI=1S/C14H18ClN3S/c1-19-8-7-11(16)14-17-12-4-2-3-10(15)13(12)18(14)9-5-6-9/h2-4,9,11H,5-8,16H2,1H3. The van der Waals surface area contributed by atoms with Crippen LogP contribution in [0.3, 0.4) is 0 Å². The average molecular weight is 296 g/mol. The molecule has 19 heavy (non-hydrogen) atoms. The highest BCUT2D eigenvalue weighted by atomic mass is 35.5. The third-order valence-electron chi connectivity index (χ3n) is 3.56. The van der Waals surface area contributed by atoms with Gasteiger partial charge in [0.05, 0.1) is 22.1 Å². The van der Waals surface area contributed by atoms with E-state index in [-0.39, 0.29) is 6.04 Å². The second-order valence-corrected chi connectivity index (χ2v) is 6.46. The monoisotopic (exact) mass is 295 g/mol. The molecule has 1 aliphatic rings. The minimum absolute atomic E-state index is 0.00323. The van der Waals surface area contributed by atoms with Crippen LogP contribution in [-0.4, -0.2) is 21.6 Å². The van der Waals surface area contributed by atoms with Crippen LogP contribution in [0.4, 0.5) is 0 Å². The predicted octanol–water partition coefficient (Wildman–Crippen LogP) is 3.78. The van der Waals surface area contributed by atoms with Gasteiger partial charge in [-0.1, -0.05) is 17.7 Å². The molecule has 0 bridgehead atoms. The summed E-state index contributed by atoms with van der Waals surface area (Å²) in [6.07, 6.45) is 5.47. The van der Waals surface area contributed by atoms with Gasteiger partial charge >= 0.3 is 0 Å². The number of benzene rings is 1. The van der Waals surface area contributed by atoms with Crippen LogP contribution in [0.25, 0.3) is 11.0 Å². The normalized spacial score (nSPS) is 17.0. The maximum Gasteiger partial charge on any atom is 0.127 e. The lowest BCUT2D eigenvalue weighted by atomic mass is 10.2. The third kappa shape index (κ3) is 2.49. The number of nitrogens with two attached hydrogens (primary N) is 1. The van der Waals surface area contributed by atoms with E-state index in [2.05, 4.69) is 10.8 Å².